The average Bonchev–Trinajstić information content (AvgIpc) is 2.62. The second kappa shape index (κ2) is 7.67. The number of carbonyl (C=O) groups excluding carboxylic acids is 1. The van der Waals surface area contributed by atoms with Gasteiger partial charge in [0, 0.05) is 24.5 Å². The average molecular weight is 363 g/mol. The van der Waals surface area contributed by atoms with Crippen molar-refractivity contribution >= 4 is 29.1 Å². The largest absolute Gasteiger partial charge is 0.495 e. The number of carbonyl (C=O) groups is 1. The van der Waals surface area contributed by atoms with E-state index in [9.17, 15) is 4.79 Å². The third kappa shape index (κ3) is 4.18. The molecule has 2 heterocycles. The lowest BCUT2D eigenvalue weighted by molar-refractivity contribution is 0.102. The lowest BCUT2D eigenvalue weighted by Gasteiger charge is -2.27. The van der Waals surface area contributed by atoms with E-state index in [1.165, 1.54) is 7.11 Å². The summed E-state index contributed by atoms with van der Waals surface area (Å²) in [5.74, 6) is 0.773. The Morgan fingerprint density at radius 1 is 1.28 bits per heavy atom. The van der Waals surface area contributed by atoms with Crippen LogP contribution in [0.4, 0.5) is 11.6 Å². The zero-order valence-electron chi connectivity index (χ0n) is 14.1. The van der Waals surface area contributed by atoms with Gasteiger partial charge < -0.3 is 19.7 Å². The summed E-state index contributed by atoms with van der Waals surface area (Å²) in [6.45, 7) is 4.51. The van der Waals surface area contributed by atoms with Gasteiger partial charge in [0.25, 0.3) is 5.91 Å². The number of hydrogen-bond acceptors (Lipinski definition) is 6. The molecule has 8 heteroatoms. The van der Waals surface area contributed by atoms with E-state index in [0.717, 1.165) is 5.69 Å². The van der Waals surface area contributed by atoms with Crippen molar-refractivity contribution in [3.05, 3.63) is 40.7 Å². The number of halogens is 1. The number of nitrogens with one attached hydrogen (secondary N) is 1. The van der Waals surface area contributed by atoms with E-state index in [2.05, 4.69) is 15.3 Å². The molecule has 0 aliphatic carbocycles. The van der Waals surface area contributed by atoms with Crippen molar-refractivity contribution < 1.29 is 14.3 Å². The van der Waals surface area contributed by atoms with E-state index >= 15 is 0 Å². The Balaban J connectivity index is 1.79. The van der Waals surface area contributed by atoms with Crippen LogP contribution in [0.3, 0.4) is 0 Å². The zero-order valence-corrected chi connectivity index (χ0v) is 14.8. The first-order valence-corrected chi connectivity index (χ1v) is 8.28. The van der Waals surface area contributed by atoms with Crippen LogP contribution in [0.15, 0.2) is 24.3 Å². The normalized spacial score (nSPS) is 14.3. The summed E-state index contributed by atoms with van der Waals surface area (Å²) in [5, 5.41) is 3.22. The highest BCUT2D eigenvalue weighted by molar-refractivity contribution is 6.32. The molecule has 1 aliphatic heterocycles. The Hall–Kier alpha value is -2.38. The smallest absolute Gasteiger partial charge is 0.274 e. The SMILES string of the molecule is COc1ccc(NC(=O)c2cc(C)nc(N3CCOCC3)n2)cc1Cl. The van der Waals surface area contributed by atoms with Crippen molar-refractivity contribution in [2.45, 2.75) is 6.92 Å². The number of hydrogen-bond donors (Lipinski definition) is 1. The van der Waals surface area contributed by atoms with Crippen LogP contribution < -0.4 is 15.0 Å². The maximum absolute atomic E-state index is 12.5. The molecular formula is C17H19ClN4O3. The number of morpholine rings is 1. The van der Waals surface area contributed by atoms with Gasteiger partial charge in [-0.15, -0.1) is 0 Å². The molecule has 1 saturated heterocycles. The van der Waals surface area contributed by atoms with Gasteiger partial charge in [-0.3, -0.25) is 4.79 Å². The second-order valence-electron chi connectivity index (χ2n) is 5.60. The van der Waals surface area contributed by atoms with Gasteiger partial charge in [0.15, 0.2) is 0 Å². The summed E-state index contributed by atoms with van der Waals surface area (Å²) in [4.78, 5) is 23.4. The molecule has 1 N–H and O–H groups in total. The van der Waals surface area contributed by atoms with Crippen LogP contribution in [0.2, 0.25) is 5.02 Å². The predicted octanol–water partition coefficient (Wildman–Crippen LogP) is 2.54. The fraction of sp³-hybridized carbons (Fsp3) is 0.353. The summed E-state index contributed by atoms with van der Waals surface area (Å²) in [7, 11) is 1.54. The minimum Gasteiger partial charge on any atom is -0.495 e. The highest BCUT2D eigenvalue weighted by atomic mass is 35.5. The molecule has 1 aromatic heterocycles. The number of amides is 1. The third-order valence-corrected chi connectivity index (χ3v) is 4.07. The molecule has 25 heavy (non-hydrogen) atoms. The molecule has 0 atom stereocenters. The summed E-state index contributed by atoms with van der Waals surface area (Å²) < 4.78 is 10.4. The van der Waals surface area contributed by atoms with Crippen LogP contribution in [-0.2, 0) is 4.74 Å². The number of aryl methyl sites for hydroxylation is 1. The Morgan fingerprint density at radius 2 is 2.04 bits per heavy atom. The zero-order chi connectivity index (χ0) is 17.8. The van der Waals surface area contributed by atoms with Crippen LogP contribution >= 0.6 is 11.6 Å². The summed E-state index contributed by atoms with van der Waals surface area (Å²) in [5.41, 5.74) is 1.61. The van der Waals surface area contributed by atoms with Gasteiger partial charge in [0.05, 0.1) is 25.3 Å². The topological polar surface area (TPSA) is 76.6 Å². The Morgan fingerprint density at radius 3 is 2.72 bits per heavy atom. The fourth-order valence-corrected chi connectivity index (χ4v) is 2.77. The molecule has 1 amide bonds. The molecule has 132 valence electrons. The molecule has 3 rings (SSSR count). The lowest BCUT2D eigenvalue weighted by Crippen LogP contribution is -2.37. The molecular weight excluding hydrogens is 344 g/mol. The Bertz CT molecular complexity index is 778. The predicted molar refractivity (Wildman–Crippen MR) is 95.8 cm³/mol. The quantitative estimate of drug-likeness (QED) is 0.900. The summed E-state index contributed by atoms with van der Waals surface area (Å²) >= 11 is 6.09. The molecule has 7 nitrogen and oxygen atoms in total. The first kappa shape index (κ1) is 17.4. The maximum atomic E-state index is 12.5. The van der Waals surface area contributed by atoms with E-state index in [1.54, 1.807) is 24.3 Å². The van der Waals surface area contributed by atoms with Crippen LogP contribution in [-0.4, -0.2) is 49.3 Å². The van der Waals surface area contributed by atoms with Gasteiger partial charge in [0.1, 0.15) is 11.4 Å². The first-order chi connectivity index (χ1) is 12.1. The number of aromatic nitrogens is 2. The highest BCUT2D eigenvalue weighted by Crippen LogP contribution is 2.27. The van der Waals surface area contributed by atoms with Crippen molar-refractivity contribution in [3.8, 4) is 5.75 Å². The maximum Gasteiger partial charge on any atom is 0.274 e. The van der Waals surface area contributed by atoms with Crippen LogP contribution in [0.5, 0.6) is 5.75 Å². The summed E-state index contributed by atoms with van der Waals surface area (Å²) in [6, 6.07) is 6.71. The molecule has 2 aromatic rings. The van der Waals surface area contributed by atoms with Crippen molar-refractivity contribution in [2.24, 2.45) is 0 Å². The van der Waals surface area contributed by atoms with Gasteiger partial charge in [-0.2, -0.15) is 0 Å². The third-order valence-electron chi connectivity index (χ3n) is 3.78. The van der Waals surface area contributed by atoms with Crippen molar-refractivity contribution in [3.63, 3.8) is 0 Å². The minimum absolute atomic E-state index is 0.306. The van der Waals surface area contributed by atoms with E-state index in [0.29, 0.717) is 54.4 Å². The van der Waals surface area contributed by atoms with Crippen LogP contribution in [0, 0.1) is 6.92 Å². The lowest BCUT2D eigenvalue weighted by atomic mass is 10.2. The van der Waals surface area contributed by atoms with Crippen molar-refractivity contribution in [2.75, 3.05) is 43.6 Å². The van der Waals surface area contributed by atoms with E-state index in [1.807, 2.05) is 11.8 Å². The molecule has 0 saturated carbocycles. The molecule has 0 spiro atoms. The van der Waals surface area contributed by atoms with Gasteiger partial charge >= 0.3 is 0 Å². The first-order valence-electron chi connectivity index (χ1n) is 7.90. The number of rotatable bonds is 4. The number of methoxy groups -OCH3 is 1. The number of benzene rings is 1. The van der Waals surface area contributed by atoms with Crippen LogP contribution in [0.1, 0.15) is 16.2 Å². The Labute approximate surface area is 150 Å². The van der Waals surface area contributed by atoms with E-state index < -0.39 is 0 Å². The van der Waals surface area contributed by atoms with Gasteiger partial charge in [-0.25, -0.2) is 9.97 Å². The molecule has 1 aromatic carbocycles. The van der Waals surface area contributed by atoms with Gasteiger partial charge in [-0.05, 0) is 31.2 Å². The number of ether oxygens (including phenoxy) is 2. The molecule has 1 aliphatic rings. The second-order valence-corrected chi connectivity index (χ2v) is 6.00. The molecule has 0 unspecified atom stereocenters. The molecule has 1 fully saturated rings. The number of nitrogens with zero attached hydrogens (tertiary/aromatic N) is 3. The number of anilines is 2. The monoisotopic (exact) mass is 362 g/mol. The van der Waals surface area contributed by atoms with Crippen molar-refractivity contribution in [1.82, 2.24) is 9.97 Å². The van der Waals surface area contributed by atoms with Crippen LogP contribution in [0.25, 0.3) is 0 Å². The van der Waals surface area contributed by atoms with E-state index in [4.69, 9.17) is 21.1 Å². The fourth-order valence-electron chi connectivity index (χ4n) is 2.51. The van der Waals surface area contributed by atoms with Crippen molar-refractivity contribution in [1.29, 1.82) is 0 Å². The van der Waals surface area contributed by atoms with Gasteiger partial charge in [-0.1, -0.05) is 11.6 Å². The van der Waals surface area contributed by atoms with Gasteiger partial charge in [0.2, 0.25) is 5.95 Å². The van der Waals surface area contributed by atoms with E-state index in [-0.39, 0.29) is 5.91 Å². The minimum atomic E-state index is -0.318. The standard InChI is InChI=1S/C17H19ClN4O3/c1-11-9-14(21-17(19-11)22-5-7-25-8-6-22)16(23)20-12-3-4-15(24-2)13(18)10-12/h3-4,9-10H,5-8H2,1-2H3,(H,20,23). The highest BCUT2D eigenvalue weighted by Gasteiger charge is 2.17. The molecule has 0 radical (unpaired) electrons. The Kier molecular flexibility index (Phi) is 5.35. The molecule has 0 bridgehead atoms. The summed E-state index contributed by atoms with van der Waals surface area (Å²) in [6.07, 6.45) is 0.